The maximum atomic E-state index is 12.8. The molecule has 1 atom stereocenters. The normalized spacial score (nSPS) is 12.2. The van der Waals surface area contributed by atoms with E-state index in [1.54, 1.807) is 0 Å². The number of allylic oxidation sites excluding steroid dienone is 6. The first-order valence-electron chi connectivity index (χ1n) is 28.0. The van der Waals surface area contributed by atoms with Gasteiger partial charge in [-0.25, -0.2) is 0 Å². The second-order valence-corrected chi connectivity index (χ2v) is 18.8. The predicted molar refractivity (Wildman–Crippen MR) is 275 cm³/mol. The molecule has 0 aromatic rings. The Morgan fingerprint density at radius 1 is 0.312 bits per heavy atom. The number of unbranched alkanes of at least 4 members (excludes halogenated alkanes) is 34. The molecule has 0 radical (unpaired) electrons. The van der Waals surface area contributed by atoms with Crippen LogP contribution in [-0.2, 0) is 28.6 Å². The third kappa shape index (κ3) is 50.6. The number of hydrogen-bond acceptors (Lipinski definition) is 6. The van der Waals surface area contributed by atoms with Crippen LogP contribution in [0.1, 0.15) is 297 Å². The quantitative estimate of drug-likeness (QED) is 0.0262. The monoisotopic (exact) mass is 899 g/mol. The lowest BCUT2D eigenvalue weighted by molar-refractivity contribution is -0.167. The van der Waals surface area contributed by atoms with Gasteiger partial charge in [-0.15, -0.1) is 0 Å². The Balaban J connectivity index is 4.33. The minimum absolute atomic E-state index is 0.0751. The summed E-state index contributed by atoms with van der Waals surface area (Å²) in [5.41, 5.74) is 0. The summed E-state index contributed by atoms with van der Waals surface area (Å²) in [6.45, 7) is 6.61. The average Bonchev–Trinajstić information content (AvgIpc) is 3.29. The molecule has 0 amide bonds. The third-order valence-corrected chi connectivity index (χ3v) is 12.4. The Bertz CT molecular complexity index is 1080. The minimum atomic E-state index is -0.776. The van der Waals surface area contributed by atoms with Gasteiger partial charge in [-0.1, -0.05) is 243 Å². The summed E-state index contributed by atoms with van der Waals surface area (Å²) in [5, 5.41) is 0. The van der Waals surface area contributed by atoms with Crippen LogP contribution in [-0.4, -0.2) is 37.2 Å². The van der Waals surface area contributed by atoms with Crippen LogP contribution < -0.4 is 0 Å². The zero-order valence-electron chi connectivity index (χ0n) is 42.8. The van der Waals surface area contributed by atoms with Gasteiger partial charge in [0.2, 0.25) is 0 Å². The number of esters is 3. The highest BCUT2D eigenvalue weighted by molar-refractivity contribution is 5.71. The molecule has 6 heteroatoms. The molecule has 0 aromatic heterocycles. The Kier molecular flexibility index (Phi) is 51.3. The minimum Gasteiger partial charge on any atom is -0.462 e. The van der Waals surface area contributed by atoms with Gasteiger partial charge >= 0.3 is 17.9 Å². The molecule has 0 aliphatic rings. The fourth-order valence-electron chi connectivity index (χ4n) is 8.10. The molecule has 64 heavy (non-hydrogen) atoms. The Labute approximate surface area is 397 Å². The number of rotatable bonds is 51. The largest absolute Gasteiger partial charge is 0.462 e. The molecule has 0 spiro atoms. The van der Waals surface area contributed by atoms with Crippen molar-refractivity contribution >= 4 is 17.9 Å². The zero-order valence-corrected chi connectivity index (χ0v) is 42.8. The number of carbonyl (C=O) groups is 3. The topological polar surface area (TPSA) is 78.9 Å². The number of carbonyl (C=O) groups excluding carboxylic acids is 3. The van der Waals surface area contributed by atoms with Crippen LogP contribution in [0.5, 0.6) is 0 Å². The summed E-state index contributed by atoms with van der Waals surface area (Å²) in [7, 11) is 0. The molecule has 0 rings (SSSR count). The van der Waals surface area contributed by atoms with Crippen molar-refractivity contribution in [3.63, 3.8) is 0 Å². The van der Waals surface area contributed by atoms with Gasteiger partial charge in [0.15, 0.2) is 6.10 Å². The van der Waals surface area contributed by atoms with Crippen molar-refractivity contribution in [2.24, 2.45) is 0 Å². The standard InChI is InChI=1S/C58H106O6/c1-4-7-10-13-16-19-22-25-27-28-29-30-31-34-36-39-42-45-48-51-57(60)63-54-55(53-62-56(59)50-47-44-41-38-35-32-24-21-18-15-12-9-6-3)64-58(61)52-49-46-43-40-37-33-26-23-20-17-14-11-8-5-2/h14,17,23,25-27,55H,4-13,15-16,18-22,24,28-54H2,1-3H3/b17-14+,26-23+,27-25+/t55-/m1/s1. The number of ether oxygens (including phenoxy) is 3. The Morgan fingerprint density at radius 2 is 0.578 bits per heavy atom. The van der Waals surface area contributed by atoms with Crippen molar-refractivity contribution in [3.05, 3.63) is 36.5 Å². The van der Waals surface area contributed by atoms with Crippen LogP contribution in [0, 0.1) is 0 Å². The summed E-state index contributed by atoms with van der Waals surface area (Å²) in [6, 6.07) is 0. The summed E-state index contributed by atoms with van der Waals surface area (Å²) in [6.07, 6.45) is 62.7. The van der Waals surface area contributed by atoms with E-state index in [9.17, 15) is 14.4 Å². The van der Waals surface area contributed by atoms with Crippen LogP contribution >= 0.6 is 0 Å². The summed E-state index contributed by atoms with van der Waals surface area (Å²) in [5.74, 6) is -0.877. The third-order valence-electron chi connectivity index (χ3n) is 12.4. The van der Waals surface area contributed by atoms with Crippen LogP contribution in [0.4, 0.5) is 0 Å². The van der Waals surface area contributed by atoms with E-state index >= 15 is 0 Å². The fourth-order valence-corrected chi connectivity index (χ4v) is 8.10. The van der Waals surface area contributed by atoms with E-state index in [2.05, 4.69) is 57.2 Å². The Hall–Kier alpha value is -2.37. The molecule has 0 fully saturated rings. The zero-order chi connectivity index (χ0) is 46.5. The fraction of sp³-hybridized carbons (Fsp3) is 0.845. The molecule has 0 bridgehead atoms. The maximum Gasteiger partial charge on any atom is 0.306 e. The predicted octanol–water partition coefficient (Wildman–Crippen LogP) is 18.5. The molecule has 0 aliphatic carbocycles. The first-order valence-corrected chi connectivity index (χ1v) is 28.0. The SMILES string of the molecule is CCCC/C=C/C/C=C/CCCCCCCC(=O)O[C@@H](COC(=O)CCCCCCCCCCC/C=C/CCCCCCCC)COC(=O)CCCCCCCCCCCCCCC. The number of hydrogen-bond donors (Lipinski definition) is 0. The molecule has 374 valence electrons. The Morgan fingerprint density at radius 3 is 0.922 bits per heavy atom. The molecule has 0 N–H and O–H groups in total. The van der Waals surface area contributed by atoms with Crippen LogP contribution in [0.15, 0.2) is 36.5 Å². The van der Waals surface area contributed by atoms with Crippen LogP contribution in [0.3, 0.4) is 0 Å². The molecular weight excluding hydrogens is 793 g/mol. The second-order valence-electron chi connectivity index (χ2n) is 18.8. The molecule has 0 saturated heterocycles. The lowest BCUT2D eigenvalue weighted by Gasteiger charge is -2.18. The van der Waals surface area contributed by atoms with Crippen molar-refractivity contribution < 1.29 is 28.6 Å². The second kappa shape index (κ2) is 53.2. The highest BCUT2D eigenvalue weighted by Gasteiger charge is 2.19. The lowest BCUT2D eigenvalue weighted by atomic mass is 10.0. The van der Waals surface area contributed by atoms with Gasteiger partial charge in [0, 0.05) is 19.3 Å². The van der Waals surface area contributed by atoms with Gasteiger partial charge in [-0.05, 0) is 70.6 Å². The van der Waals surface area contributed by atoms with Crippen LogP contribution in [0.2, 0.25) is 0 Å². The molecule has 0 saturated carbocycles. The van der Waals surface area contributed by atoms with Crippen molar-refractivity contribution in [1.29, 1.82) is 0 Å². The first-order chi connectivity index (χ1) is 31.5. The molecule has 6 nitrogen and oxygen atoms in total. The summed E-state index contributed by atoms with van der Waals surface area (Å²) < 4.78 is 16.8. The molecule has 0 aliphatic heterocycles. The highest BCUT2D eigenvalue weighted by atomic mass is 16.6. The van der Waals surface area contributed by atoms with Crippen molar-refractivity contribution in [2.75, 3.05) is 13.2 Å². The van der Waals surface area contributed by atoms with E-state index in [0.717, 1.165) is 83.5 Å². The van der Waals surface area contributed by atoms with Crippen molar-refractivity contribution in [3.8, 4) is 0 Å². The lowest BCUT2D eigenvalue weighted by Crippen LogP contribution is -2.30. The molecule has 0 unspecified atom stereocenters. The van der Waals surface area contributed by atoms with E-state index in [0.29, 0.717) is 19.3 Å². The van der Waals surface area contributed by atoms with E-state index < -0.39 is 6.10 Å². The highest BCUT2D eigenvalue weighted by Crippen LogP contribution is 2.16. The van der Waals surface area contributed by atoms with E-state index in [-0.39, 0.29) is 31.1 Å². The van der Waals surface area contributed by atoms with Gasteiger partial charge in [-0.2, -0.15) is 0 Å². The van der Waals surface area contributed by atoms with Gasteiger partial charge in [-0.3, -0.25) is 14.4 Å². The molecular formula is C58H106O6. The van der Waals surface area contributed by atoms with Crippen LogP contribution in [0.25, 0.3) is 0 Å². The summed E-state index contributed by atoms with van der Waals surface area (Å²) >= 11 is 0. The smallest absolute Gasteiger partial charge is 0.306 e. The van der Waals surface area contributed by atoms with E-state index in [1.165, 1.54) is 173 Å². The van der Waals surface area contributed by atoms with Gasteiger partial charge in [0.05, 0.1) is 0 Å². The van der Waals surface area contributed by atoms with Crippen molar-refractivity contribution in [1.82, 2.24) is 0 Å². The van der Waals surface area contributed by atoms with E-state index in [1.807, 2.05) is 0 Å². The average molecular weight is 899 g/mol. The molecule has 0 aromatic carbocycles. The van der Waals surface area contributed by atoms with Crippen molar-refractivity contribution in [2.45, 2.75) is 303 Å². The first kappa shape index (κ1) is 61.6. The molecule has 0 heterocycles. The maximum absolute atomic E-state index is 12.8. The van der Waals surface area contributed by atoms with Gasteiger partial charge in [0.25, 0.3) is 0 Å². The summed E-state index contributed by atoms with van der Waals surface area (Å²) in [4.78, 5) is 38.1. The van der Waals surface area contributed by atoms with Gasteiger partial charge in [0.1, 0.15) is 13.2 Å². The van der Waals surface area contributed by atoms with Gasteiger partial charge < -0.3 is 14.2 Å². The van der Waals surface area contributed by atoms with E-state index in [4.69, 9.17) is 14.2 Å².